The van der Waals surface area contributed by atoms with Gasteiger partial charge in [-0.25, -0.2) is 9.37 Å². The van der Waals surface area contributed by atoms with Gasteiger partial charge < -0.3 is 4.98 Å². The van der Waals surface area contributed by atoms with Crippen LogP contribution < -0.4 is 0 Å². The van der Waals surface area contributed by atoms with E-state index in [-0.39, 0.29) is 5.82 Å². The Morgan fingerprint density at radius 2 is 2.19 bits per heavy atom. The summed E-state index contributed by atoms with van der Waals surface area (Å²) < 4.78 is 13.3. The quantitative estimate of drug-likeness (QED) is 0.782. The van der Waals surface area contributed by atoms with E-state index < -0.39 is 0 Å². The van der Waals surface area contributed by atoms with Gasteiger partial charge in [0.05, 0.1) is 10.7 Å². The Morgan fingerprint density at radius 1 is 1.44 bits per heavy atom. The van der Waals surface area contributed by atoms with Crippen molar-refractivity contribution in [3.05, 3.63) is 45.6 Å². The standard InChI is InChI=1S/C11H8ClFN2S/c1-6-5-14-11(16)15-10(6)8-3-2-7(13)4-9(8)12/h2-5H,1H3,(H,14,15,16). The predicted molar refractivity (Wildman–Crippen MR) is 64.6 cm³/mol. The molecule has 0 aliphatic heterocycles. The molecule has 0 unspecified atom stereocenters. The molecule has 2 rings (SSSR count). The lowest BCUT2D eigenvalue weighted by molar-refractivity contribution is 0.628. The average Bonchev–Trinajstić information content (AvgIpc) is 2.22. The molecule has 0 saturated heterocycles. The maximum absolute atomic E-state index is 12.9. The normalized spacial score (nSPS) is 10.4. The molecule has 0 spiro atoms. The summed E-state index contributed by atoms with van der Waals surface area (Å²) in [6, 6.07) is 4.25. The Balaban J connectivity index is 2.67. The molecule has 2 nitrogen and oxygen atoms in total. The zero-order valence-electron chi connectivity index (χ0n) is 8.42. The van der Waals surface area contributed by atoms with Crippen LogP contribution in [0.2, 0.25) is 5.02 Å². The molecule has 0 amide bonds. The summed E-state index contributed by atoms with van der Waals surface area (Å²) in [5.41, 5.74) is 2.39. The number of aromatic nitrogens is 2. The number of hydrogen-bond donors (Lipinski definition) is 1. The van der Waals surface area contributed by atoms with Gasteiger partial charge in [0.2, 0.25) is 0 Å². The van der Waals surface area contributed by atoms with E-state index in [2.05, 4.69) is 9.97 Å². The Hall–Kier alpha value is -1.26. The van der Waals surface area contributed by atoms with Crippen molar-refractivity contribution in [3.63, 3.8) is 0 Å². The highest BCUT2D eigenvalue weighted by Gasteiger charge is 2.08. The molecule has 1 aromatic carbocycles. The van der Waals surface area contributed by atoms with Crippen molar-refractivity contribution >= 4 is 23.8 Å². The van der Waals surface area contributed by atoms with Crippen LogP contribution in [0.5, 0.6) is 0 Å². The van der Waals surface area contributed by atoms with Crippen molar-refractivity contribution in [2.24, 2.45) is 0 Å². The van der Waals surface area contributed by atoms with Crippen molar-refractivity contribution in [2.75, 3.05) is 0 Å². The van der Waals surface area contributed by atoms with Gasteiger partial charge in [-0.2, -0.15) is 0 Å². The first-order chi connectivity index (χ1) is 7.58. The zero-order valence-corrected chi connectivity index (χ0v) is 9.99. The van der Waals surface area contributed by atoms with Crippen molar-refractivity contribution in [1.82, 2.24) is 9.97 Å². The fraction of sp³-hybridized carbons (Fsp3) is 0.0909. The Bertz CT molecular complexity index is 595. The highest BCUT2D eigenvalue weighted by atomic mass is 35.5. The lowest BCUT2D eigenvalue weighted by Crippen LogP contribution is -1.92. The Labute approximate surface area is 102 Å². The van der Waals surface area contributed by atoms with Gasteiger partial charge in [-0.15, -0.1) is 0 Å². The first-order valence-corrected chi connectivity index (χ1v) is 5.38. The highest BCUT2D eigenvalue weighted by molar-refractivity contribution is 7.71. The van der Waals surface area contributed by atoms with Crippen LogP contribution in [0.25, 0.3) is 11.3 Å². The number of benzene rings is 1. The van der Waals surface area contributed by atoms with Gasteiger partial charge in [0, 0.05) is 11.8 Å². The van der Waals surface area contributed by atoms with E-state index in [1.807, 2.05) is 6.92 Å². The smallest absolute Gasteiger partial charge is 0.197 e. The monoisotopic (exact) mass is 254 g/mol. The van der Waals surface area contributed by atoms with E-state index in [0.717, 1.165) is 11.3 Å². The molecule has 1 aromatic heterocycles. The zero-order chi connectivity index (χ0) is 11.7. The SMILES string of the molecule is Cc1cnc(=S)[nH]c1-c1ccc(F)cc1Cl. The molecule has 0 radical (unpaired) electrons. The molecule has 0 saturated carbocycles. The second kappa shape index (κ2) is 4.31. The average molecular weight is 255 g/mol. The van der Waals surface area contributed by atoms with Crippen LogP contribution in [0, 0.1) is 17.5 Å². The summed E-state index contributed by atoms with van der Waals surface area (Å²) in [6.07, 6.45) is 1.66. The van der Waals surface area contributed by atoms with E-state index in [1.54, 1.807) is 12.3 Å². The van der Waals surface area contributed by atoms with Crippen LogP contribution in [-0.2, 0) is 0 Å². The molecule has 5 heteroatoms. The first kappa shape index (κ1) is 11.2. The molecule has 1 N–H and O–H groups in total. The third kappa shape index (κ3) is 2.13. The number of nitrogens with zero attached hydrogens (tertiary/aromatic N) is 1. The third-order valence-corrected chi connectivity index (χ3v) is 2.72. The summed E-state index contributed by atoms with van der Waals surface area (Å²) in [4.78, 5) is 6.90. The second-order valence-corrected chi connectivity index (χ2v) is 4.16. The number of nitrogens with one attached hydrogen (secondary N) is 1. The maximum atomic E-state index is 12.9. The van der Waals surface area contributed by atoms with E-state index in [9.17, 15) is 4.39 Å². The summed E-state index contributed by atoms with van der Waals surface area (Å²) in [5, 5.41) is 0.347. The topological polar surface area (TPSA) is 28.7 Å². The van der Waals surface area contributed by atoms with Crippen molar-refractivity contribution in [2.45, 2.75) is 6.92 Å². The maximum Gasteiger partial charge on any atom is 0.197 e. The van der Waals surface area contributed by atoms with Gasteiger partial charge in [-0.05, 0) is 42.9 Å². The van der Waals surface area contributed by atoms with Gasteiger partial charge in [0.1, 0.15) is 5.82 Å². The molecule has 0 fully saturated rings. The third-order valence-electron chi connectivity index (χ3n) is 2.20. The minimum Gasteiger partial charge on any atom is -0.330 e. The fourth-order valence-electron chi connectivity index (χ4n) is 1.43. The minimum absolute atomic E-state index is 0.347. The van der Waals surface area contributed by atoms with E-state index >= 15 is 0 Å². The second-order valence-electron chi connectivity index (χ2n) is 3.37. The van der Waals surface area contributed by atoms with Crippen molar-refractivity contribution < 1.29 is 4.39 Å². The van der Waals surface area contributed by atoms with Crippen LogP contribution in [0.1, 0.15) is 5.56 Å². The number of halogens is 2. The number of H-pyrrole nitrogens is 1. The van der Waals surface area contributed by atoms with Crippen LogP contribution in [0.15, 0.2) is 24.4 Å². The summed E-state index contributed by atoms with van der Waals surface area (Å²) in [7, 11) is 0. The molecule has 82 valence electrons. The number of hydrogen-bond acceptors (Lipinski definition) is 2. The minimum atomic E-state index is -0.362. The molecule has 0 aliphatic carbocycles. The van der Waals surface area contributed by atoms with Crippen LogP contribution in [0.4, 0.5) is 4.39 Å². The van der Waals surface area contributed by atoms with Crippen LogP contribution in [0.3, 0.4) is 0 Å². The van der Waals surface area contributed by atoms with Crippen molar-refractivity contribution in [1.29, 1.82) is 0 Å². The van der Waals surface area contributed by atoms with Gasteiger partial charge in [0.25, 0.3) is 0 Å². The number of aromatic amines is 1. The molecule has 0 atom stereocenters. The largest absolute Gasteiger partial charge is 0.330 e. The number of aryl methyl sites for hydroxylation is 1. The summed E-state index contributed by atoms with van der Waals surface area (Å²) in [6.45, 7) is 1.88. The van der Waals surface area contributed by atoms with Crippen LogP contribution in [-0.4, -0.2) is 9.97 Å². The van der Waals surface area contributed by atoms with E-state index in [4.69, 9.17) is 23.8 Å². The Morgan fingerprint density at radius 3 is 2.88 bits per heavy atom. The van der Waals surface area contributed by atoms with Gasteiger partial charge >= 0.3 is 0 Å². The fourth-order valence-corrected chi connectivity index (χ4v) is 1.85. The molecular formula is C11H8ClFN2S. The van der Waals surface area contributed by atoms with E-state index in [1.165, 1.54) is 12.1 Å². The predicted octanol–water partition coefficient (Wildman–Crippen LogP) is 3.91. The number of rotatable bonds is 1. The molecule has 0 aliphatic rings. The summed E-state index contributed by atoms with van der Waals surface area (Å²) in [5.74, 6) is -0.362. The molecule has 2 aromatic rings. The lowest BCUT2D eigenvalue weighted by atomic mass is 10.1. The van der Waals surface area contributed by atoms with Gasteiger partial charge in [0.15, 0.2) is 4.77 Å². The lowest BCUT2D eigenvalue weighted by Gasteiger charge is -2.07. The van der Waals surface area contributed by atoms with E-state index in [0.29, 0.717) is 15.4 Å². The summed E-state index contributed by atoms with van der Waals surface area (Å²) >= 11 is 10.9. The molecular weight excluding hydrogens is 247 g/mol. The van der Waals surface area contributed by atoms with Crippen molar-refractivity contribution in [3.8, 4) is 11.3 Å². The van der Waals surface area contributed by atoms with Gasteiger partial charge in [-0.1, -0.05) is 11.6 Å². The highest BCUT2D eigenvalue weighted by Crippen LogP contribution is 2.28. The molecule has 0 bridgehead atoms. The van der Waals surface area contributed by atoms with Gasteiger partial charge in [-0.3, -0.25) is 0 Å². The molecule has 1 heterocycles. The Kier molecular flexibility index (Phi) is 3.03. The first-order valence-electron chi connectivity index (χ1n) is 4.59. The van der Waals surface area contributed by atoms with Crippen LogP contribution >= 0.6 is 23.8 Å². The molecule has 16 heavy (non-hydrogen) atoms.